The summed E-state index contributed by atoms with van der Waals surface area (Å²) in [6, 6.07) is 8.16. The highest BCUT2D eigenvalue weighted by atomic mass is 15.2. The number of nitrogens with one attached hydrogen (secondary N) is 2. The Labute approximate surface area is 115 Å². The summed E-state index contributed by atoms with van der Waals surface area (Å²) < 4.78 is 1.95. The number of hydrogen-bond donors (Lipinski definition) is 2. The van der Waals surface area contributed by atoms with Crippen LogP contribution in [0.5, 0.6) is 0 Å². The molecule has 0 fully saturated rings. The SMILES string of the molecule is N#Cc1c(-c2ccc3nc[nH]c3c2)nc2n1CCCN2. The van der Waals surface area contributed by atoms with Gasteiger partial charge < -0.3 is 14.9 Å². The first-order valence-corrected chi connectivity index (χ1v) is 6.55. The molecule has 20 heavy (non-hydrogen) atoms. The molecule has 0 saturated carbocycles. The second-order valence-electron chi connectivity index (χ2n) is 4.81. The number of anilines is 1. The maximum atomic E-state index is 9.44. The Kier molecular flexibility index (Phi) is 2.27. The van der Waals surface area contributed by atoms with Gasteiger partial charge >= 0.3 is 0 Å². The molecular formula is C14H12N6. The van der Waals surface area contributed by atoms with Crippen molar-refractivity contribution in [2.75, 3.05) is 11.9 Å². The summed E-state index contributed by atoms with van der Waals surface area (Å²) in [5.74, 6) is 0.785. The molecule has 4 rings (SSSR count). The van der Waals surface area contributed by atoms with E-state index in [1.807, 2.05) is 22.8 Å². The molecule has 3 aromatic rings. The lowest BCUT2D eigenvalue weighted by Gasteiger charge is -2.15. The summed E-state index contributed by atoms with van der Waals surface area (Å²) in [5, 5.41) is 12.7. The van der Waals surface area contributed by atoms with Crippen LogP contribution in [-0.4, -0.2) is 26.1 Å². The van der Waals surface area contributed by atoms with Gasteiger partial charge in [0.1, 0.15) is 17.5 Å². The Morgan fingerprint density at radius 1 is 1.35 bits per heavy atom. The fourth-order valence-electron chi connectivity index (χ4n) is 2.64. The Morgan fingerprint density at radius 2 is 2.30 bits per heavy atom. The van der Waals surface area contributed by atoms with Crippen LogP contribution in [0.15, 0.2) is 24.5 Å². The van der Waals surface area contributed by atoms with Crippen LogP contribution >= 0.6 is 0 Å². The van der Waals surface area contributed by atoms with E-state index >= 15 is 0 Å². The second-order valence-corrected chi connectivity index (χ2v) is 4.81. The molecule has 1 aliphatic heterocycles. The molecule has 0 unspecified atom stereocenters. The predicted octanol–water partition coefficient (Wildman–Crippen LogP) is 2.11. The van der Waals surface area contributed by atoms with Gasteiger partial charge in [-0.3, -0.25) is 0 Å². The summed E-state index contributed by atoms with van der Waals surface area (Å²) >= 11 is 0. The van der Waals surface area contributed by atoms with Crippen LogP contribution in [0.1, 0.15) is 12.1 Å². The Hall–Kier alpha value is -2.81. The van der Waals surface area contributed by atoms with Crippen molar-refractivity contribution in [3.05, 3.63) is 30.2 Å². The number of H-pyrrole nitrogens is 1. The lowest BCUT2D eigenvalue weighted by molar-refractivity contribution is 0.622. The predicted molar refractivity (Wildman–Crippen MR) is 75.1 cm³/mol. The van der Waals surface area contributed by atoms with Crippen LogP contribution in [0.4, 0.5) is 5.95 Å². The minimum Gasteiger partial charge on any atom is -0.356 e. The van der Waals surface area contributed by atoms with E-state index in [4.69, 9.17) is 0 Å². The molecular weight excluding hydrogens is 252 g/mol. The molecule has 0 saturated heterocycles. The van der Waals surface area contributed by atoms with Gasteiger partial charge in [0.2, 0.25) is 5.95 Å². The third kappa shape index (κ3) is 1.50. The molecule has 0 atom stereocenters. The Balaban J connectivity index is 1.93. The van der Waals surface area contributed by atoms with Crippen LogP contribution in [0.2, 0.25) is 0 Å². The van der Waals surface area contributed by atoms with Gasteiger partial charge in [0, 0.05) is 18.7 Å². The average molecular weight is 264 g/mol. The molecule has 6 heteroatoms. The summed E-state index contributed by atoms with van der Waals surface area (Å²) in [6.07, 6.45) is 2.68. The Morgan fingerprint density at radius 3 is 3.20 bits per heavy atom. The number of fused-ring (bicyclic) bond motifs is 2. The summed E-state index contributed by atoms with van der Waals surface area (Å²) in [4.78, 5) is 11.9. The van der Waals surface area contributed by atoms with Crippen LogP contribution in [0.25, 0.3) is 22.3 Å². The normalized spacial score (nSPS) is 13.8. The minimum atomic E-state index is 0.617. The van der Waals surface area contributed by atoms with Gasteiger partial charge in [-0.05, 0) is 18.6 Å². The van der Waals surface area contributed by atoms with Gasteiger partial charge in [0.25, 0.3) is 0 Å². The van der Waals surface area contributed by atoms with E-state index in [1.165, 1.54) is 0 Å². The molecule has 2 aromatic heterocycles. The number of nitriles is 1. The summed E-state index contributed by atoms with van der Waals surface area (Å²) in [7, 11) is 0. The first-order chi connectivity index (χ1) is 9.86. The number of rotatable bonds is 1. The first-order valence-electron chi connectivity index (χ1n) is 6.55. The van der Waals surface area contributed by atoms with E-state index in [-0.39, 0.29) is 0 Å². The molecule has 1 aliphatic rings. The van der Waals surface area contributed by atoms with Crippen molar-refractivity contribution >= 4 is 17.0 Å². The van der Waals surface area contributed by atoms with Gasteiger partial charge in [-0.25, -0.2) is 9.97 Å². The third-order valence-corrected chi connectivity index (χ3v) is 3.61. The highest BCUT2D eigenvalue weighted by molar-refractivity contribution is 5.82. The zero-order valence-corrected chi connectivity index (χ0v) is 10.7. The van der Waals surface area contributed by atoms with Crippen LogP contribution in [-0.2, 0) is 6.54 Å². The number of hydrogen-bond acceptors (Lipinski definition) is 4. The van der Waals surface area contributed by atoms with E-state index in [2.05, 4.69) is 26.3 Å². The zero-order chi connectivity index (χ0) is 13.5. The number of aromatic amines is 1. The Bertz CT molecular complexity index is 835. The van der Waals surface area contributed by atoms with Gasteiger partial charge in [-0.2, -0.15) is 5.26 Å². The third-order valence-electron chi connectivity index (χ3n) is 3.61. The molecule has 0 spiro atoms. The highest BCUT2D eigenvalue weighted by Crippen LogP contribution is 2.29. The van der Waals surface area contributed by atoms with Gasteiger partial charge in [-0.1, -0.05) is 6.07 Å². The molecule has 6 nitrogen and oxygen atoms in total. The lowest BCUT2D eigenvalue weighted by atomic mass is 10.1. The average Bonchev–Trinajstić information content (AvgIpc) is 3.10. The molecule has 0 radical (unpaired) electrons. The van der Waals surface area contributed by atoms with Crippen molar-refractivity contribution in [1.29, 1.82) is 5.26 Å². The van der Waals surface area contributed by atoms with Crippen molar-refractivity contribution in [3.63, 3.8) is 0 Å². The van der Waals surface area contributed by atoms with Crippen LogP contribution in [0, 0.1) is 11.3 Å². The quantitative estimate of drug-likeness (QED) is 0.705. The van der Waals surface area contributed by atoms with Gasteiger partial charge in [-0.15, -0.1) is 0 Å². The number of nitrogens with zero attached hydrogens (tertiary/aromatic N) is 4. The van der Waals surface area contributed by atoms with Gasteiger partial charge in [0.15, 0.2) is 0 Å². The van der Waals surface area contributed by atoms with E-state index < -0.39 is 0 Å². The van der Waals surface area contributed by atoms with Crippen molar-refractivity contribution < 1.29 is 0 Å². The van der Waals surface area contributed by atoms with E-state index in [1.54, 1.807) is 6.33 Å². The molecule has 3 heterocycles. The van der Waals surface area contributed by atoms with Crippen molar-refractivity contribution in [2.45, 2.75) is 13.0 Å². The molecule has 0 amide bonds. The molecule has 0 aliphatic carbocycles. The monoisotopic (exact) mass is 264 g/mol. The molecule has 0 bridgehead atoms. The summed E-state index contributed by atoms with van der Waals surface area (Å²) in [6.45, 7) is 1.74. The number of benzene rings is 1. The fourth-order valence-corrected chi connectivity index (χ4v) is 2.64. The topological polar surface area (TPSA) is 82.3 Å². The lowest BCUT2D eigenvalue weighted by Crippen LogP contribution is -2.18. The minimum absolute atomic E-state index is 0.617. The van der Waals surface area contributed by atoms with Crippen molar-refractivity contribution in [1.82, 2.24) is 19.5 Å². The maximum absolute atomic E-state index is 9.44. The van der Waals surface area contributed by atoms with E-state index in [9.17, 15) is 5.26 Å². The van der Waals surface area contributed by atoms with Crippen LogP contribution < -0.4 is 5.32 Å². The van der Waals surface area contributed by atoms with Crippen molar-refractivity contribution in [3.8, 4) is 17.3 Å². The first kappa shape index (κ1) is 11.1. The van der Waals surface area contributed by atoms with E-state index in [0.717, 1.165) is 47.7 Å². The molecule has 98 valence electrons. The standard InChI is InChI=1S/C14H12N6/c15-7-12-13(19-14-16-4-1-5-20(12)14)9-2-3-10-11(6-9)18-8-17-10/h2-3,6,8H,1,4-5H2,(H,16,19)(H,17,18). The zero-order valence-electron chi connectivity index (χ0n) is 10.7. The molecule has 2 N–H and O–H groups in total. The smallest absolute Gasteiger partial charge is 0.204 e. The second kappa shape index (κ2) is 4.10. The van der Waals surface area contributed by atoms with Crippen LogP contribution in [0.3, 0.4) is 0 Å². The number of aromatic nitrogens is 4. The molecule has 1 aromatic carbocycles. The number of imidazole rings is 2. The fraction of sp³-hybridized carbons (Fsp3) is 0.214. The highest BCUT2D eigenvalue weighted by Gasteiger charge is 2.20. The van der Waals surface area contributed by atoms with Crippen molar-refractivity contribution in [2.24, 2.45) is 0 Å². The maximum Gasteiger partial charge on any atom is 0.204 e. The van der Waals surface area contributed by atoms with Gasteiger partial charge in [0.05, 0.1) is 17.4 Å². The largest absolute Gasteiger partial charge is 0.356 e. The van der Waals surface area contributed by atoms with E-state index in [0.29, 0.717) is 5.69 Å². The summed E-state index contributed by atoms with van der Waals surface area (Å²) in [5.41, 5.74) is 4.14.